The van der Waals surface area contributed by atoms with Crippen molar-refractivity contribution in [2.45, 2.75) is 6.54 Å². The lowest BCUT2D eigenvalue weighted by molar-refractivity contribution is 0.841. The molecule has 0 aliphatic carbocycles. The predicted molar refractivity (Wildman–Crippen MR) is 90.5 cm³/mol. The Kier molecular flexibility index (Phi) is 3.00. The van der Waals surface area contributed by atoms with Crippen molar-refractivity contribution in [3.63, 3.8) is 0 Å². The Morgan fingerprint density at radius 2 is 1.86 bits per heavy atom. The predicted octanol–water partition coefficient (Wildman–Crippen LogP) is 5.00. The Balaban J connectivity index is 1.85. The van der Waals surface area contributed by atoms with E-state index in [1.807, 2.05) is 12.3 Å². The van der Waals surface area contributed by atoms with Crippen LogP contribution >= 0.6 is 15.9 Å². The number of nitrogens with zero attached hydrogens (tertiary/aromatic N) is 2. The van der Waals surface area contributed by atoms with Gasteiger partial charge in [0.1, 0.15) is 0 Å². The minimum absolute atomic E-state index is 0.828. The van der Waals surface area contributed by atoms with E-state index >= 15 is 0 Å². The Bertz CT molecular complexity index is 935. The summed E-state index contributed by atoms with van der Waals surface area (Å²) in [7, 11) is 0. The molecule has 4 rings (SSSR count). The van der Waals surface area contributed by atoms with Crippen molar-refractivity contribution in [3.05, 3.63) is 77.0 Å². The van der Waals surface area contributed by atoms with E-state index in [1.54, 1.807) is 0 Å². The van der Waals surface area contributed by atoms with Gasteiger partial charge in [-0.05, 0) is 35.2 Å². The molecule has 0 unspecified atom stereocenters. The molecule has 0 amide bonds. The molecule has 2 heterocycles. The fourth-order valence-corrected chi connectivity index (χ4v) is 3.12. The molecule has 2 aromatic carbocycles. The molecule has 0 spiro atoms. The molecular weight excluding hydrogens is 324 g/mol. The minimum atomic E-state index is 0.828. The van der Waals surface area contributed by atoms with Crippen LogP contribution in [0, 0.1) is 0 Å². The van der Waals surface area contributed by atoms with Gasteiger partial charge in [-0.1, -0.05) is 46.3 Å². The first-order chi connectivity index (χ1) is 10.3. The molecule has 4 aromatic rings. The monoisotopic (exact) mass is 336 g/mol. The highest BCUT2D eigenvalue weighted by Crippen LogP contribution is 2.23. The molecule has 0 aliphatic rings. The second-order valence-electron chi connectivity index (χ2n) is 5.14. The van der Waals surface area contributed by atoms with Crippen LogP contribution in [0.2, 0.25) is 0 Å². The molecule has 0 saturated carbocycles. The van der Waals surface area contributed by atoms with E-state index in [9.17, 15) is 0 Å². The number of hydrogen-bond donors (Lipinski definition) is 0. The second kappa shape index (κ2) is 5.01. The van der Waals surface area contributed by atoms with Crippen molar-refractivity contribution < 1.29 is 0 Å². The summed E-state index contributed by atoms with van der Waals surface area (Å²) in [5.41, 5.74) is 3.56. The second-order valence-corrected chi connectivity index (χ2v) is 6.05. The van der Waals surface area contributed by atoms with Crippen LogP contribution in [0.4, 0.5) is 0 Å². The maximum absolute atomic E-state index is 4.54. The summed E-state index contributed by atoms with van der Waals surface area (Å²) in [4.78, 5) is 4.54. The molecular formula is C18H13BrN2. The fraction of sp³-hybridized carbons (Fsp3) is 0.0556. The SMILES string of the molecule is Brc1ccc2ccn(Cc3cccc4cccnc34)c2c1. The van der Waals surface area contributed by atoms with Crippen LogP contribution in [-0.4, -0.2) is 9.55 Å². The van der Waals surface area contributed by atoms with Crippen LogP contribution in [0.15, 0.2) is 71.5 Å². The normalized spacial score (nSPS) is 11.3. The topological polar surface area (TPSA) is 17.8 Å². The number of rotatable bonds is 2. The van der Waals surface area contributed by atoms with E-state index in [0.29, 0.717) is 0 Å². The zero-order valence-electron chi connectivity index (χ0n) is 11.3. The molecule has 0 aliphatic heterocycles. The van der Waals surface area contributed by atoms with E-state index in [2.05, 4.69) is 80.2 Å². The lowest BCUT2D eigenvalue weighted by Crippen LogP contribution is -1.99. The van der Waals surface area contributed by atoms with Gasteiger partial charge >= 0.3 is 0 Å². The number of fused-ring (bicyclic) bond motifs is 2. The standard InChI is InChI=1S/C18H13BrN2/c19-16-7-6-13-8-10-21(17(13)11-16)12-15-4-1-3-14-5-2-9-20-18(14)15/h1-11H,12H2. The van der Waals surface area contributed by atoms with Crippen LogP contribution in [-0.2, 0) is 6.54 Å². The van der Waals surface area contributed by atoms with Crippen LogP contribution in [0.5, 0.6) is 0 Å². The number of halogens is 1. The fourth-order valence-electron chi connectivity index (χ4n) is 2.77. The van der Waals surface area contributed by atoms with E-state index in [4.69, 9.17) is 0 Å². The van der Waals surface area contributed by atoms with Crippen LogP contribution in [0.25, 0.3) is 21.8 Å². The van der Waals surface area contributed by atoms with Gasteiger partial charge in [-0.15, -0.1) is 0 Å². The highest BCUT2D eigenvalue weighted by atomic mass is 79.9. The number of para-hydroxylation sites is 1. The average Bonchev–Trinajstić information content (AvgIpc) is 2.90. The smallest absolute Gasteiger partial charge is 0.0751 e. The zero-order valence-corrected chi connectivity index (χ0v) is 12.9. The summed E-state index contributed by atoms with van der Waals surface area (Å²) in [6, 6.07) is 19.0. The summed E-state index contributed by atoms with van der Waals surface area (Å²) in [6.07, 6.45) is 4.00. The maximum atomic E-state index is 4.54. The largest absolute Gasteiger partial charge is 0.343 e. The maximum Gasteiger partial charge on any atom is 0.0751 e. The number of pyridine rings is 1. The van der Waals surface area contributed by atoms with Gasteiger partial charge in [-0.3, -0.25) is 4.98 Å². The van der Waals surface area contributed by atoms with Gasteiger partial charge in [-0.25, -0.2) is 0 Å². The van der Waals surface area contributed by atoms with E-state index in [1.165, 1.54) is 21.9 Å². The Morgan fingerprint density at radius 1 is 0.952 bits per heavy atom. The zero-order chi connectivity index (χ0) is 14.2. The average molecular weight is 337 g/mol. The molecule has 0 bridgehead atoms. The van der Waals surface area contributed by atoms with Crippen LogP contribution in [0.3, 0.4) is 0 Å². The first kappa shape index (κ1) is 12.6. The van der Waals surface area contributed by atoms with Crippen molar-refractivity contribution in [2.24, 2.45) is 0 Å². The third-order valence-corrected chi connectivity index (χ3v) is 4.29. The molecule has 2 aromatic heterocycles. The van der Waals surface area contributed by atoms with E-state index in [-0.39, 0.29) is 0 Å². The minimum Gasteiger partial charge on any atom is -0.343 e. The Hall–Kier alpha value is -2.13. The third-order valence-electron chi connectivity index (χ3n) is 3.79. The van der Waals surface area contributed by atoms with Gasteiger partial charge in [0.2, 0.25) is 0 Å². The highest BCUT2D eigenvalue weighted by molar-refractivity contribution is 9.10. The first-order valence-corrected chi connectivity index (χ1v) is 7.67. The molecule has 0 fully saturated rings. The van der Waals surface area contributed by atoms with E-state index < -0.39 is 0 Å². The number of benzene rings is 2. The van der Waals surface area contributed by atoms with Crippen molar-refractivity contribution in [3.8, 4) is 0 Å². The van der Waals surface area contributed by atoms with Crippen molar-refractivity contribution in [1.29, 1.82) is 0 Å². The van der Waals surface area contributed by atoms with Crippen LogP contribution in [0.1, 0.15) is 5.56 Å². The quantitative estimate of drug-likeness (QED) is 0.503. The third kappa shape index (κ3) is 2.24. The summed E-state index contributed by atoms with van der Waals surface area (Å²) < 4.78 is 3.37. The lowest BCUT2D eigenvalue weighted by atomic mass is 10.1. The molecule has 0 saturated heterocycles. The summed E-state index contributed by atoms with van der Waals surface area (Å²) in [6.45, 7) is 0.828. The van der Waals surface area contributed by atoms with Crippen molar-refractivity contribution >= 4 is 37.7 Å². The van der Waals surface area contributed by atoms with E-state index in [0.717, 1.165) is 16.5 Å². The Morgan fingerprint density at radius 3 is 2.81 bits per heavy atom. The van der Waals surface area contributed by atoms with Gasteiger partial charge in [0.05, 0.1) is 5.52 Å². The number of hydrogen-bond acceptors (Lipinski definition) is 1. The highest BCUT2D eigenvalue weighted by Gasteiger charge is 2.06. The molecule has 102 valence electrons. The molecule has 0 atom stereocenters. The summed E-state index contributed by atoms with van der Waals surface area (Å²) in [5.74, 6) is 0. The molecule has 2 nitrogen and oxygen atoms in total. The van der Waals surface area contributed by atoms with Gasteiger partial charge in [0, 0.05) is 34.3 Å². The molecule has 21 heavy (non-hydrogen) atoms. The van der Waals surface area contributed by atoms with Crippen molar-refractivity contribution in [2.75, 3.05) is 0 Å². The molecule has 3 heteroatoms. The van der Waals surface area contributed by atoms with Gasteiger partial charge in [0.25, 0.3) is 0 Å². The summed E-state index contributed by atoms with van der Waals surface area (Å²) >= 11 is 3.55. The van der Waals surface area contributed by atoms with Crippen LogP contribution < -0.4 is 0 Å². The number of aromatic nitrogens is 2. The molecule has 0 N–H and O–H groups in total. The first-order valence-electron chi connectivity index (χ1n) is 6.88. The van der Waals surface area contributed by atoms with Crippen molar-refractivity contribution in [1.82, 2.24) is 9.55 Å². The van der Waals surface area contributed by atoms with Gasteiger partial charge in [-0.2, -0.15) is 0 Å². The molecule has 0 radical (unpaired) electrons. The van der Waals surface area contributed by atoms with Gasteiger partial charge < -0.3 is 4.57 Å². The Labute approximate surface area is 131 Å². The summed E-state index contributed by atoms with van der Waals surface area (Å²) in [5, 5.41) is 2.44. The lowest BCUT2D eigenvalue weighted by Gasteiger charge is -2.08. The van der Waals surface area contributed by atoms with Gasteiger partial charge in [0.15, 0.2) is 0 Å².